The number of methoxy groups -OCH3 is 1. The van der Waals surface area contributed by atoms with E-state index in [2.05, 4.69) is 14.9 Å². The smallest absolute Gasteiger partial charge is 0.258 e. The SMILES string of the molecule is COc1cc2c(=O)[nH]cnc2cc1OCCN1CCCC1. The number of aromatic amines is 1. The average Bonchev–Trinajstić information content (AvgIpc) is 3.00. The molecular weight excluding hydrogens is 270 g/mol. The zero-order chi connectivity index (χ0) is 14.7. The fraction of sp³-hybridized carbons (Fsp3) is 0.467. The Bertz CT molecular complexity index is 677. The molecule has 0 saturated carbocycles. The first kappa shape index (κ1) is 13.9. The van der Waals surface area contributed by atoms with E-state index in [-0.39, 0.29) is 5.56 Å². The lowest BCUT2D eigenvalue weighted by Crippen LogP contribution is -2.25. The molecule has 3 rings (SSSR count). The molecule has 1 aliphatic heterocycles. The van der Waals surface area contributed by atoms with E-state index in [4.69, 9.17) is 9.47 Å². The van der Waals surface area contributed by atoms with Crippen LogP contribution >= 0.6 is 0 Å². The van der Waals surface area contributed by atoms with Crippen LogP contribution in [-0.4, -0.2) is 48.2 Å². The first-order valence-corrected chi connectivity index (χ1v) is 7.18. The number of aromatic nitrogens is 2. The van der Waals surface area contributed by atoms with Gasteiger partial charge in [-0.2, -0.15) is 0 Å². The third-order valence-electron chi connectivity index (χ3n) is 3.79. The lowest BCUT2D eigenvalue weighted by atomic mass is 10.2. The number of nitrogens with zero attached hydrogens (tertiary/aromatic N) is 2. The topological polar surface area (TPSA) is 67.5 Å². The molecule has 1 saturated heterocycles. The molecule has 6 heteroatoms. The quantitative estimate of drug-likeness (QED) is 0.901. The summed E-state index contributed by atoms with van der Waals surface area (Å²) in [6.45, 7) is 3.80. The molecule has 21 heavy (non-hydrogen) atoms. The predicted octanol–water partition coefficient (Wildman–Crippen LogP) is 1.41. The monoisotopic (exact) mass is 289 g/mol. The van der Waals surface area contributed by atoms with Crippen LogP contribution in [-0.2, 0) is 0 Å². The Hall–Kier alpha value is -2.08. The normalized spacial score (nSPS) is 15.5. The number of nitrogens with one attached hydrogen (secondary N) is 1. The highest BCUT2D eigenvalue weighted by molar-refractivity contribution is 5.81. The fourth-order valence-corrected chi connectivity index (χ4v) is 2.64. The Morgan fingerprint density at radius 2 is 2.10 bits per heavy atom. The van der Waals surface area contributed by atoms with E-state index in [1.807, 2.05) is 0 Å². The molecular formula is C15H19N3O3. The molecule has 1 aliphatic rings. The number of rotatable bonds is 5. The van der Waals surface area contributed by atoms with Gasteiger partial charge in [0, 0.05) is 12.6 Å². The molecule has 0 atom stereocenters. The van der Waals surface area contributed by atoms with Crippen LogP contribution in [0.25, 0.3) is 10.9 Å². The molecule has 1 aromatic carbocycles. The molecule has 6 nitrogen and oxygen atoms in total. The van der Waals surface area contributed by atoms with Crippen LogP contribution in [0, 0.1) is 0 Å². The minimum atomic E-state index is -0.179. The maximum absolute atomic E-state index is 11.7. The molecule has 0 bridgehead atoms. The van der Waals surface area contributed by atoms with Crippen LogP contribution in [0.2, 0.25) is 0 Å². The van der Waals surface area contributed by atoms with Gasteiger partial charge in [-0.15, -0.1) is 0 Å². The predicted molar refractivity (Wildman–Crippen MR) is 80.1 cm³/mol. The number of benzene rings is 1. The number of hydrogen-bond donors (Lipinski definition) is 1. The highest BCUT2D eigenvalue weighted by atomic mass is 16.5. The van der Waals surface area contributed by atoms with Gasteiger partial charge in [0.25, 0.3) is 5.56 Å². The second kappa shape index (κ2) is 6.13. The zero-order valence-electron chi connectivity index (χ0n) is 12.1. The molecule has 0 aliphatic carbocycles. The van der Waals surface area contributed by atoms with Gasteiger partial charge in [0.1, 0.15) is 6.61 Å². The number of H-pyrrole nitrogens is 1. The fourth-order valence-electron chi connectivity index (χ4n) is 2.64. The summed E-state index contributed by atoms with van der Waals surface area (Å²) in [7, 11) is 1.57. The van der Waals surface area contributed by atoms with Crippen LogP contribution in [0.1, 0.15) is 12.8 Å². The summed E-state index contributed by atoms with van der Waals surface area (Å²) in [5.41, 5.74) is 0.428. The number of likely N-dealkylation sites (tertiary alicyclic amines) is 1. The second-order valence-electron chi connectivity index (χ2n) is 5.15. The molecule has 0 unspecified atom stereocenters. The Morgan fingerprint density at radius 3 is 2.86 bits per heavy atom. The largest absolute Gasteiger partial charge is 0.493 e. The lowest BCUT2D eigenvalue weighted by molar-refractivity contribution is 0.230. The molecule has 0 radical (unpaired) electrons. The summed E-state index contributed by atoms with van der Waals surface area (Å²) in [4.78, 5) is 20.9. The summed E-state index contributed by atoms with van der Waals surface area (Å²) in [5.74, 6) is 1.18. The van der Waals surface area contributed by atoms with Gasteiger partial charge in [0.05, 0.1) is 24.3 Å². The van der Waals surface area contributed by atoms with Crippen LogP contribution in [0.15, 0.2) is 23.3 Å². The van der Waals surface area contributed by atoms with Crippen molar-refractivity contribution in [1.29, 1.82) is 0 Å². The summed E-state index contributed by atoms with van der Waals surface area (Å²) in [6.07, 6.45) is 3.93. The Balaban J connectivity index is 1.78. The van der Waals surface area contributed by atoms with Crippen LogP contribution in [0.5, 0.6) is 11.5 Å². The summed E-state index contributed by atoms with van der Waals surface area (Å²) in [6, 6.07) is 3.43. The first-order chi connectivity index (χ1) is 10.3. The maximum atomic E-state index is 11.7. The van der Waals surface area contributed by atoms with Crippen molar-refractivity contribution in [3.05, 3.63) is 28.8 Å². The van der Waals surface area contributed by atoms with Gasteiger partial charge in [-0.3, -0.25) is 9.69 Å². The molecule has 0 amide bonds. The summed E-state index contributed by atoms with van der Waals surface area (Å²) >= 11 is 0. The van der Waals surface area contributed by atoms with Crippen LogP contribution < -0.4 is 15.0 Å². The Labute approximate surface area is 122 Å². The van der Waals surface area contributed by atoms with Gasteiger partial charge in [-0.05, 0) is 32.0 Å². The third kappa shape index (κ3) is 3.00. The summed E-state index contributed by atoms with van der Waals surface area (Å²) < 4.78 is 11.1. The van der Waals surface area contributed by atoms with E-state index < -0.39 is 0 Å². The molecule has 1 N–H and O–H groups in total. The van der Waals surface area contributed by atoms with E-state index in [9.17, 15) is 4.79 Å². The van der Waals surface area contributed by atoms with E-state index in [0.29, 0.717) is 29.0 Å². The maximum Gasteiger partial charge on any atom is 0.258 e. The molecule has 2 heterocycles. The van der Waals surface area contributed by atoms with Crippen LogP contribution in [0.3, 0.4) is 0 Å². The average molecular weight is 289 g/mol. The van der Waals surface area contributed by atoms with Gasteiger partial charge in [-0.1, -0.05) is 0 Å². The van der Waals surface area contributed by atoms with Gasteiger partial charge >= 0.3 is 0 Å². The van der Waals surface area contributed by atoms with E-state index in [1.54, 1.807) is 19.2 Å². The van der Waals surface area contributed by atoms with Gasteiger partial charge in [0.2, 0.25) is 0 Å². The van der Waals surface area contributed by atoms with Crippen molar-refractivity contribution < 1.29 is 9.47 Å². The number of hydrogen-bond acceptors (Lipinski definition) is 5. The zero-order valence-corrected chi connectivity index (χ0v) is 12.1. The molecule has 0 spiro atoms. The highest BCUT2D eigenvalue weighted by Crippen LogP contribution is 2.30. The van der Waals surface area contributed by atoms with Crippen molar-refractivity contribution in [2.75, 3.05) is 33.4 Å². The van der Waals surface area contributed by atoms with E-state index >= 15 is 0 Å². The van der Waals surface area contributed by atoms with Crippen molar-refractivity contribution in [3.8, 4) is 11.5 Å². The number of ether oxygens (including phenoxy) is 2. The molecule has 1 aromatic heterocycles. The van der Waals surface area contributed by atoms with Crippen molar-refractivity contribution in [2.45, 2.75) is 12.8 Å². The van der Waals surface area contributed by atoms with Crippen molar-refractivity contribution >= 4 is 10.9 Å². The van der Waals surface area contributed by atoms with Gasteiger partial charge in [-0.25, -0.2) is 4.98 Å². The van der Waals surface area contributed by atoms with Crippen molar-refractivity contribution in [3.63, 3.8) is 0 Å². The first-order valence-electron chi connectivity index (χ1n) is 7.18. The minimum absolute atomic E-state index is 0.179. The van der Waals surface area contributed by atoms with E-state index in [0.717, 1.165) is 19.6 Å². The summed E-state index contributed by atoms with van der Waals surface area (Å²) in [5, 5.41) is 0.501. The van der Waals surface area contributed by atoms with E-state index in [1.165, 1.54) is 19.2 Å². The van der Waals surface area contributed by atoms with Gasteiger partial charge in [0.15, 0.2) is 11.5 Å². The highest BCUT2D eigenvalue weighted by Gasteiger charge is 2.13. The molecule has 112 valence electrons. The molecule has 1 fully saturated rings. The van der Waals surface area contributed by atoms with Crippen LogP contribution in [0.4, 0.5) is 0 Å². The Morgan fingerprint density at radius 1 is 1.29 bits per heavy atom. The Kier molecular flexibility index (Phi) is 4.06. The standard InChI is InChI=1S/C15H19N3O3/c1-20-13-8-11-12(16-10-17-15(11)19)9-14(13)21-7-6-18-4-2-3-5-18/h8-10H,2-7H2,1H3,(H,16,17,19). The second-order valence-corrected chi connectivity index (χ2v) is 5.15. The molecule has 2 aromatic rings. The van der Waals surface area contributed by atoms with Gasteiger partial charge < -0.3 is 14.5 Å². The van der Waals surface area contributed by atoms with Crippen molar-refractivity contribution in [2.24, 2.45) is 0 Å². The minimum Gasteiger partial charge on any atom is -0.493 e. The lowest BCUT2D eigenvalue weighted by Gasteiger charge is -2.16. The van der Waals surface area contributed by atoms with Crippen molar-refractivity contribution in [1.82, 2.24) is 14.9 Å². The number of fused-ring (bicyclic) bond motifs is 1. The third-order valence-corrected chi connectivity index (χ3v) is 3.79.